The second-order valence-corrected chi connectivity index (χ2v) is 2.98. The maximum atomic E-state index is 12.4. The number of piperidine rings is 1. The monoisotopic (exact) mass is 219 g/mol. The largest absolute Gasteiger partial charge is 0.418 e. The van der Waals surface area contributed by atoms with Crippen LogP contribution in [0.3, 0.4) is 0 Å². The van der Waals surface area contributed by atoms with Crippen molar-refractivity contribution in [1.29, 1.82) is 0 Å². The van der Waals surface area contributed by atoms with Gasteiger partial charge in [-0.25, -0.2) is 0 Å². The Morgan fingerprint density at radius 1 is 1.38 bits per heavy atom. The van der Waals surface area contributed by atoms with Gasteiger partial charge in [-0.15, -0.1) is 12.4 Å². The van der Waals surface area contributed by atoms with Crippen LogP contribution in [-0.2, 0) is 4.74 Å². The fourth-order valence-electron chi connectivity index (χ4n) is 1.41. The lowest BCUT2D eigenvalue weighted by Crippen LogP contribution is -2.56. The predicted molar refractivity (Wildman–Crippen MR) is 45.1 cm³/mol. The molecule has 1 saturated heterocycles. The zero-order valence-corrected chi connectivity index (χ0v) is 8.10. The first-order valence-electron chi connectivity index (χ1n) is 3.84. The van der Waals surface area contributed by atoms with Crippen molar-refractivity contribution in [3.05, 3.63) is 0 Å². The molecular formula is C7H13ClF3NO. The Kier molecular flexibility index (Phi) is 4.48. The molecule has 1 fully saturated rings. The summed E-state index contributed by atoms with van der Waals surface area (Å²) in [4.78, 5) is 0. The molecule has 0 radical (unpaired) electrons. The van der Waals surface area contributed by atoms with Gasteiger partial charge >= 0.3 is 6.18 Å². The molecule has 1 rings (SSSR count). The zero-order valence-electron chi connectivity index (χ0n) is 7.28. The number of halogens is 4. The summed E-state index contributed by atoms with van der Waals surface area (Å²) in [6.45, 7) is 0.508. The van der Waals surface area contributed by atoms with Crippen LogP contribution in [0.1, 0.15) is 12.8 Å². The molecule has 0 aromatic carbocycles. The normalized spacial score (nSPS) is 29.5. The molecule has 1 aliphatic heterocycles. The lowest BCUT2D eigenvalue weighted by atomic mass is 9.93. The third-order valence-electron chi connectivity index (χ3n) is 2.25. The van der Waals surface area contributed by atoms with Gasteiger partial charge in [0.1, 0.15) is 0 Å². The SMILES string of the molecule is COC1(C(F)(F)F)CCCNC1.Cl. The Balaban J connectivity index is 0.00000144. The van der Waals surface area contributed by atoms with Gasteiger partial charge in [-0.3, -0.25) is 0 Å². The highest BCUT2D eigenvalue weighted by Crippen LogP contribution is 2.37. The van der Waals surface area contributed by atoms with Crippen molar-refractivity contribution < 1.29 is 17.9 Å². The maximum absolute atomic E-state index is 12.4. The fourth-order valence-corrected chi connectivity index (χ4v) is 1.41. The van der Waals surface area contributed by atoms with E-state index in [0.29, 0.717) is 13.0 Å². The molecule has 0 aromatic rings. The van der Waals surface area contributed by atoms with E-state index in [1.807, 2.05) is 0 Å². The summed E-state index contributed by atoms with van der Waals surface area (Å²) in [6, 6.07) is 0. The van der Waals surface area contributed by atoms with Gasteiger partial charge in [-0.05, 0) is 19.4 Å². The van der Waals surface area contributed by atoms with Gasteiger partial charge in [0.2, 0.25) is 0 Å². The van der Waals surface area contributed by atoms with E-state index in [4.69, 9.17) is 0 Å². The van der Waals surface area contributed by atoms with Gasteiger partial charge in [-0.1, -0.05) is 0 Å². The van der Waals surface area contributed by atoms with Gasteiger partial charge in [0, 0.05) is 13.7 Å². The number of hydrogen-bond acceptors (Lipinski definition) is 2. The van der Waals surface area contributed by atoms with Crippen molar-refractivity contribution in [3.63, 3.8) is 0 Å². The summed E-state index contributed by atoms with van der Waals surface area (Å²) in [6.07, 6.45) is -3.71. The second kappa shape index (κ2) is 4.48. The average Bonchev–Trinajstić information content (AvgIpc) is 2.04. The van der Waals surface area contributed by atoms with Crippen molar-refractivity contribution in [3.8, 4) is 0 Å². The van der Waals surface area contributed by atoms with E-state index in [1.165, 1.54) is 0 Å². The highest BCUT2D eigenvalue weighted by molar-refractivity contribution is 5.85. The van der Waals surface area contributed by atoms with Crippen LogP contribution in [0.4, 0.5) is 13.2 Å². The molecule has 1 unspecified atom stereocenters. The number of rotatable bonds is 1. The molecule has 0 spiro atoms. The molecule has 0 bridgehead atoms. The summed E-state index contributed by atoms with van der Waals surface area (Å²) >= 11 is 0. The standard InChI is InChI=1S/C7H12F3NO.ClH/c1-12-6(7(8,9)10)3-2-4-11-5-6;/h11H,2-5H2,1H3;1H. The highest BCUT2D eigenvalue weighted by Gasteiger charge is 2.55. The summed E-state index contributed by atoms with van der Waals surface area (Å²) in [5, 5.41) is 2.69. The number of nitrogens with one attached hydrogen (secondary N) is 1. The maximum Gasteiger partial charge on any atom is 0.418 e. The van der Waals surface area contributed by atoms with Crippen LogP contribution in [0.2, 0.25) is 0 Å². The van der Waals surface area contributed by atoms with Crippen molar-refractivity contribution in [2.75, 3.05) is 20.2 Å². The van der Waals surface area contributed by atoms with Crippen molar-refractivity contribution >= 4 is 12.4 Å². The highest BCUT2D eigenvalue weighted by atomic mass is 35.5. The van der Waals surface area contributed by atoms with Crippen LogP contribution >= 0.6 is 12.4 Å². The van der Waals surface area contributed by atoms with Gasteiger partial charge in [0.25, 0.3) is 0 Å². The number of methoxy groups -OCH3 is 1. The average molecular weight is 220 g/mol. The Morgan fingerprint density at radius 3 is 2.23 bits per heavy atom. The Hall–Kier alpha value is 0. The number of alkyl halides is 3. The van der Waals surface area contributed by atoms with E-state index >= 15 is 0 Å². The molecule has 6 heteroatoms. The third-order valence-corrected chi connectivity index (χ3v) is 2.25. The molecule has 80 valence electrons. The van der Waals surface area contributed by atoms with Crippen LogP contribution in [-0.4, -0.2) is 32.0 Å². The molecule has 0 aliphatic carbocycles. The molecule has 2 nitrogen and oxygen atoms in total. The molecule has 0 amide bonds. The zero-order chi connectivity index (χ0) is 9.24. The minimum atomic E-state index is -4.27. The van der Waals surface area contributed by atoms with Crippen molar-refractivity contribution in [2.24, 2.45) is 0 Å². The molecule has 1 atom stereocenters. The van der Waals surface area contributed by atoms with Crippen LogP contribution in [0, 0.1) is 0 Å². The minimum Gasteiger partial charge on any atom is -0.367 e. The van der Waals surface area contributed by atoms with E-state index in [1.54, 1.807) is 0 Å². The molecular weight excluding hydrogens is 207 g/mol. The number of hydrogen-bond donors (Lipinski definition) is 1. The smallest absolute Gasteiger partial charge is 0.367 e. The van der Waals surface area contributed by atoms with Crippen LogP contribution in [0.25, 0.3) is 0 Å². The van der Waals surface area contributed by atoms with Crippen LogP contribution in [0.5, 0.6) is 0 Å². The first kappa shape index (κ1) is 13.0. The lowest BCUT2D eigenvalue weighted by molar-refractivity contribution is -0.273. The molecule has 1 heterocycles. The fraction of sp³-hybridized carbons (Fsp3) is 1.00. The molecule has 0 saturated carbocycles. The van der Waals surface area contributed by atoms with E-state index in [9.17, 15) is 13.2 Å². The Morgan fingerprint density at radius 2 is 2.00 bits per heavy atom. The van der Waals surface area contributed by atoms with Gasteiger partial charge in [0.05, 0.1) is 0 Å². The quantitative estimate of drug-likeness (QED) is 0.726. The third kappa shape index (κ3) is 2.48. The summed E-state index contributed by atoms with van der Waals surface area (Å²) in [5.74, 6) is 0. The molecule has 1 aliphatic rings. The first-order chi connectivity index (χ1) is 5.52. The topological polar surface area (TPSA) is 21.3 Å². The first-order valence-corrected chi connectivity index (χ1v) is 3.84. The summed E-state index contributed by atoms with van der Waals surface area (Å²) in [7, 11) is 1.11. The van der Waals surface area contributed by atoms with E-state index in [-0.39, 0.29) is 25.4 Å². The van der Waals surface area contributed by atoms with Gasteiger partial charge in [0.15, 0.2) is 5.60 Å². The summed E-state index contributed by atoms with van der Waals surface area (Å²) < 4.78 is 41.9. The van der Waals surface area contributed by atoms with E-state index < -0.39 is 11.8 Å². The van der Waals surface area contributed by atoms with Gasteiger partial charge in [-0.2, -0.15) is 13.2 Å². The van der Waals surface area contributed by atoms with Crippen LogP contribution < -0.4 is 5.32 Å². The molecule has 1 N–H and O–H groups in total. The Labute approximate surface area is 81.2 Å². The molecule has 0 aromatic heterocycles. The summed E-state index contributed by atoms with van der Waals surface area (Å²) in [5.41, 5.74) is -1.95. The Bertz CT molecular complexity index is 156. The lowest BCUT2D eigenvalue weighted by Gasteiger charge is -2.37. The van der Waals surface area contributed by atoms with Gasteiger partial charge < -0.3 is 10.1 Å². The number of ether oxygens (including phenoxy) is 1. The second-order valence-electron chi connectivity index (χ2n) is 2.98. The predicted octanol–water partition coefficient (Wildman–Crippen LogP) is 1.74. The van der Waals surface area contributed by atoms with E-state index in [2.05, 4.69) is 10.1 Å². The molecule has 13 heavy (non-hydrogen) atoms. The van der Waals surface area contributed by atoms with Crippen LogP contribution in [0.15, 0.2) is 0 Å². The minimum absolute atomic E-state index is 0. The van der Waals surface area contributed by atoms with Crippen molar-refractivity contribution in [1.82, 2.24) is 5.32 Å². The van der Waals surface area contributed by atoms with Crippen molar-refractivity contribution in [2.45, 2.75) is 24.6 Å². The van der Waals surface area contributed by atoms with E-state index in [0.717, 1.165) is 7.11 Å².